The van der Waals surface area contributed by atoms with Crippen LogP contribution in [0, 0.1) is 23.7 Å². The normalized spacial score (nSPS) is 34.8. The van der Waals surface area contributed by atoms with Gasteiger partial charge >= 0.3 is 0 Å². The molecule has 3 fully saturated rings. The fourth-order valence-corrected chi connectivity index (χ4v) is 11.1. The molecule has 2 saturated carbocycles. The molecule has 6 aliphatic rings. The first-order valence-electron chi connectivity index (χ1n) is 19.8. The zero-order chi connectivity index (χ0) is 37.6. The zero-order valence-electron chi connectivity index (χ0n) is 31.6. The number of amides is 2. The summed E-state index contributed by atoms with van der Waals surface area (Å²) in [7, 11) is -0.354. The number of anilines is 1. The van der Waals surface area contributed by atoms with Crippen molar-refractivity contribution < 1.29 is 32.7 Å². The van der Waals surface area contributed by atoms with Gasteiger partial charge in [-0.1, -0.05) is 43.7 Å². The molecule has 1 saturated heterocycles. The van der Waals surface area contributed by atoms with Gasteiger partial charge in [-0.3, -0.25) is 9.59 Å². The Morgan fingerprint density at radius 3 is 2.65 bits per heavy atom. The molecule has 2 aromatic carbocycles. The van der Waals surface area contributed by atoms with Crippen LogP contribution in [0.3, 0.4) is 0 Å². The molecule has 54 heavy (non-hydrogen) atoms. The first kappa shape index (κ1) is 37.9. The van der Waals surface area contributed by atoms with Crippen molar-refractivity contribution >= 4 is 39.7 Å². The Morgan fingerprint density at radius 2 is 1.91 bits per heavy atom. The summed E-state index contributed by atoms with van der Waals surface area (Å²) in [5.74, 6) is 1.20. The largest absolute Gasteiger partial charge is 0.490 e. The second kappa shape index (κ2) is 15.5. The van der Waals surface area contributed by atoms with Crippen LogP contribution >= 0.6 is 11.6 Å². The third-order valence-corrected chi connectivity index (χ3v) is 15.3. The summed E-state index contributed by atoms with van der Waals surface area (Å²) in [6.45, 7) is 6.72. The first-order chi connectivity index (χ1) is 26.1. The smallest absolute Gasteiger partial charge is 0.254 e. The Balaban J connectivity index is 1.15. The number of rotatable bonds is 5. The molecule has 2 bridgehead atoms. The third kappa shape index (κ3) is 7.24. The predicted molar refractivity (Wildman–Crippen MR) is 208 cm³/mol. The molecular weight excluding hydrogens is 726 g/mol. The van der Waals surface area contributed by atoms with Crippen molar-refractivity contribution in [3.8, 4) is 5.75 Å². The van der Waals surface area contributed by atoms with E-state index in [-0.39, 0.29) is 30.1 Å². The molecule has 2 amide bonds. The summed E-state index contributed by atoms with van der Waals surface area (Å²) in [6.07, 6.45) is 11.5. The van der Waals surface area contributed by atoms with Crippen molar-refractivity contribution in [1.82, 2.24) is 5.32 Å². The number of fused-ring (bicyclic) bond motifs is 6. The molecule has 12 heteroatoms. The van der Waals surface area contributed by atoms with Gasteiger partial charge in [0, 0.05) is 54.3 Å². The summed E-state index contributed by atoms with van der Waals surface area (Å²) >= 11 is 6.60. The summed E-state index contributed by atoms with van der Waals surface area (Å²) in [5.41, 5.74) is 3.62. The molecule has 0 unspecified atom stereocenters. The number of nitrogens with one attached hydrogen (secondary N) is 1. The highest BCUT2D eigenvalue weighted by molar-refractivity contribution is 7.76. The molecule has 1 spiro atoms. The van der Waals surface area contributed by atoms with Crippen LogP contribution < -0.4 is 15.0 Å². The van der Waals surface area contributed by atoms with Gasteiger partial charge < -0.3 is 37.7 Å². The maximum absolute atomic E-state index is 14.2. The minimum absolute atomic E-state index is 0.0687. The Hall–Kier alpha value is -2.96. The number of halogens is 1. The van der Waals surface area contributed by atoms with Crippen LogP contribution in [0.4, 0.5) is 5.69 Å². The lowest BCUT2D eigenvalue weighted by Crippen LogP contribution is -2.53. The highest BCUT2D eigenvalue weighted by Gasteiger charge is 2.51. The number of nitrogens with zero attached hydrogens (tertiary/aromatic N) is 2. The van der Waals surface area contributed by atoms with E-state index >= 15 is 0 Å². The molecule has 3 heterocycles. The van der Waals surface area contributed by atoms with Crippen molar-refractivity contribution in [2.45, 2.75) is 93.6 Å². The Bertz CT molecular complexity index is 1880. The van der Waals surface area contributed by atoms with Crippen LogP contribution in [-0.2, 0) is 39.2 Å². The van der Waals surface area contributed by atoms with Crippen LogP contribution in [0.5, 0.6) is 5.75 Å². The lowest BCUT2D eigenvalue weighted by Gasteiger charge is -2.52. The lowest BCUT2D eigenvalue weighted by molar-refractivity contribution is -0.131. The predicted octanol–water partition coefficient (Wildman–Crippen LogP) is 7.33. The minimum Gasteiger partial charge on any atom is -0.490 e. The van der Waals surface area contributed by atoms with E-state index in [4.69, 9.17) is 30.5 Å². The van der Waals surface area contributed by atoms with Crippen LogP contribution in [0.2, 0.25) is 5.02 Å². The summed E-state index contributed by atoms with van der Waals surface area (Å²) in [4.78, 5) is 28.4. The molecule has 1 N–H and O–H groups in total. The molecular formula is C42H53ClN3O7S-. The summed E-state index contributed by atoms with van der Waals surface area (Å²) in [6, 6.07) is 11.9. The fraction of sp³-hybridized carbons (Fsp3) is 0.619. The molecule has 8 atom stereocenters. The molecule has 0 aromatic heterocycles. The average Bonchev–Trinajstić information content (AvgIpc) is 3.30. The topological polar surface area (TPSA) is 116 Å². The summed E-state index contributed by atoms with van der Waals surface area (Å²) in [5, 5.41) is 3.74. The average molecular weight is 779 g/mol. The standard InChI is InChI=1S/C42H53ClN3O7S/c1-26-5-4-6-37(50-3)33-12-8-29(33)22-46-24-42(21-28-7-11-32(28)34-20-30(43)10-13-35(34)42)25-53-38-14-9-27(19-36(38)46)40(48)45-54(49)41(26,2)44-39(47)23-52-31-15-17-51-18-16-31/h4,6,9-10,13-14,19-20,26,28-29,31-33,37H,5,7-8,11-12,15-18,21-25H2,1-3H3,(H,44,47)/q-1/b6-4+/t26-,28-,29-,32-,33+,37-,41+,42-/m0/s1. The monoisotopic (exact) mass is 778 g/mol. The van der Waals surface area contributed by atoms with Crippen molar-refractivity contribution in [1.29, 1.82) is 0 Å². The molecule has 3 aliphatic heterocycles. The Morgan fingerprint density at radius 1 is 1.09 bits per heavy atom. The minimum atomic E-state index is -2.12. The van der Waals surface area contributed by atoms with Crippen molar-refractivity contribution in [2.75, 3.05) is 51.5 Å². The van der Waals surface area contributed by atoms with Crippen molar-refractivity contribution in [3.63, 3.8) is 0 Å². The van der Waals surface area contributed by atoms with E-state index in [0.717, 1.165) is 61.7 Å². The highest BCUT2D eigenvalue weighted by atomic mass is 35.5. The Labute approximate surface area is 325 Å². The number of carbonyl (C=O) groups is 2. The molecule has 2 aromatic rings. The first-order valence-corrected chi connectivity index (χ1v) is 21.2. The number of hydrogen-bond donors (Lipinski definition) is 1. The SMILES string of the molecule is CO[C@H]1/C=C/C[C@H](C)[C@](C)(NC(=O)COC2CCOCC2)[S-](=O)=NC(=O)c2ccc3c(c2)N(C[C@@H]2CC[C@H]21)C[C@]1(CO3)C[C@@H]2CC[C@@H]2c2cc(Cl)ccc21. The van der Waals surface area contributed by atoms with Crippen LogP contribution in [0.25, 0.3) is 0 Å². The van der Waals surface area contributed by atoms with Gasteiger partial charge in [-0.2, -0.15) is 10.6 Å². The van der Waals surface area contributed by atoms with E-state index in [1.54, 1.807) is 20.1 Å². The number of carbonyl (C=O) groups excluding carboxylic acids is 2. The number of methoxy groups -OCH3 is 1. The van der Waals surface area contributed by atoms with Gasteiger partial charge in [0.2, 0.25) is 5.91 Å². The second-order valence-electron chi connectivity index (χ2n) is 16.7. The maximum Gasteiger partial charge on any atom is 0.254 e. The van der Waals surface area contributed by atoms with E-state index in [2.05, 4.69) is 38.9 Å². The van der Waals surface area contributed by atoms with E-state index in [9.17, 15) is 13.8 Å². The van der Waals surface area contributed by atoms with Gasteiger partial charge in [0.05, 0.1) is 24.5 Å². The lowest BCUT2D eigenvalue weighted by atomic mass is 9.55. The third-order valence-electron chi connectivity index (χ3n) is 13.5. The number of benzene rings is 2. The van der Waals surface area contributed by atoms with Gasteiger partial charge in [-0.05, 0) is 122 Å². The van der Waals surface area contributed by atoms with E-state index in [1.165, 1.54) is 24.0 Å². The fourth-order valence-electron chi connectivity index (χ4n) is 9.82. The number of allylic oxidation sites excluding steroid dienone is 1. The quantitative estimate of drug-likeness (QED) is 0.248. The van der Waals surface area contributed by atoms with Crippen LogP contribution in [-0.4, -0.2) is 75.5 Å². The Kier molecular flexibility index (Phi) is 10.9. The number of hydrogen-bond acceptors (Lipinski definition) is 9. The van der Waals surface area contributed by atoms with E-state index in [1.807, 2.05) is 25.1 Å². The van der Waals surface area contributed by atoms with E-state index < -0.39 is 27.3 Å². The van der Waals surface area contributed by atoms with Crippen molar-refractivity contribution in [3.05, 3.63) is 70.3 Å². The van der Waals surface area contributed by atoms with Gasteiger partial charge in [-0.25, -0.2) is 0 Å². The zero-order valence-corrected chi connectivity index (χ0v) is 33.2. The molecule has 3 aliphatic carbocycles. The molecule has 10 nitrogen and oxygen atoms in total. The molecule has 292 valence electrons. The maximum atomic E-state index is 14.2. The van der Waals surface area contributed by atoms with Crippen LogP contribution in [0.15, 0.2) is 52.9 Å². The van der Waals surface area contributed by atoms with Crippen LogP contribution in [0.1, 0.15) is 92.6 Å². The molecule has 0 radical (unpaired) electrons. The summed E-state index contributed by atoms with van der Waals surface area (Å²) < 4.78 is 42.7. The van der Waals surface area contributed by atoms with E-state index in [0.29, 0.717) is 55.5 Å². The highest BCUT2D eigenvalue weighted by Crippen LogP contribution is 2.57. The van der Waals surface area contributed by atoms with Gasteiger partial charge in [0.25, 0.3) is 5.91 Å². The number of ether oxygens (including phenoxy) is 4. The van der Waals surface area contributed by atoms with Gasteiger partial charge in [0.1, 0.15) is 12.4 Å². The second-order valence-corrected chi connectivity index (χ2v) is 18.7. The molecule has 8 rings (SSSR count). The van der Waals surface area contributed by atoms with Crippen molar-refractivity contribution in [2.24, 2.45) is 28.0 Å². The van der Waals surface area contributed by atoms with Gasteiger partial charge in [-0.15, -0.1) is 0 Å². The van der Waals surface area contributed by atoms with Gasteiger partial charge in [0.15, 0.2) is 0 Å².